The summed E-state index contributed by atoms with van der Waals surface area (Å²) in [6, 6.07) is 0. The topological polar surface area (TPSA) is 21.3 Å². The molecule has 0 aromatic rings. The molecule has 0 aromatic carbocycles. The second-order valence-corrected chi connectivity index (χ2v) is 2.76. The number of hydrogen-bond acceptors (Lipinski definition) is 2. The lowest BCUT2D eigenvalue weighted by Crippen LogP contribution is -2.57. The fraction of sp³-hybridized carbons (Fsp3) is 1.00. The molecule has 2 aliphatic rings. The third kappa shape index (κ3) is 0.501. The lowest BCUT2D eigenvalue weighted by Gasteiger charge is -2.38. The summed E-state index contributed by atoms with van der Waals surface area (Å²) in [5.41, 5.74) is 0.444. The van der Waals surface area contributed by atoms with Crippen molar-refractivity contribution in [3.8, 4) is 0 Å². The molecule has 2 heteroatoms. The van der Waals surface area contributed by atoms with Crippen LogP contribution in [0, 0.1) is 0 Å². The molecule has 1 N–H and O–H groups in total. The fourth-order valence-corrected chi connectivity index (χ4v) is 1.42. The van der Waals surface area contributed by atoms with Crippen molar-refractivity contribution in [2.24, 2.45) is 0 Å². The Hall–Kier alpha value is -0.0800. The summed E-state index contributed by atoms with van der Waals surface area (Å²) >= 11 is 0. The van der Waals surface area contributed by atoms with Gasteiger partial charge in [0.1, 0.15) is 0 Å². The molecule has 1 unspecified atom stereocenters. The van der Waals surface area contributed by atoms with E-state index in [1.165, 1.54) is 19.4 Å². The summed E-state index contributed by atoms with van der Waals surface area (Å²) in [6.45, 7) is 3.11. The minimum Gasteiger partial charge on any atom is -0.379 e. The molecular weight excluding hydrogens is 102 g/mol. The van der Waals surface area contributed by atoms with Crippen molar-refractivity contribution >= 4 is 0 Å². The molecule has 2 nitrogen and oxygen atoms in total. The Bertz CT molecular complexity index is 90.7. The minimum absolute atomic E-state index is 0.444. The molecule has 0 amide bonds. The maximum atomic E-state index is 5.24. The molecule has 0 bridgehead atoms. The second kappa shape index (κ2) is 1.45. The number of hydrogen-bond donors (Lipinski definition) is 1. The van der Waals surface area contributed by atoms with Crippen molar-refractivity contribution in [1.29, 1.82) is 0 Å². The van der Waals surface area contributed by atoms with Crippen molar-refractivity contribution in [3.05, 3.63) is 0 Å². The molecule has 0 aromatic heterocycles. The van der Waals surface area contributed by atoms with E-state index in [2.05, 4.69) is 5.32 Å². The van der Waals surface area contributed by atoms with E-state index in [4.69, 9.17) is 4.74 Å². The van der Waals surface area contributed by atoms with Crippen LogP contribution >= 0.6 is 0 Å². The van der Waals surface area contributed by atoms with Crippen molar-refractivity contribution in [1.82, 2.24) is 5.32 Å². The number of nitrogens with one attached hydrogen (secondary N) is 1. The first kappa shape index (κ1) is 4.77. The van der Waals surface area contributed by atoms with Gasteiger partial charge in [-0.15, -0.1) is 0 Å². The third-order valence-corrected chi connectivity index (χ3v) is 2.21. The Morgan fingerprint density at radius 1 is 1.38 bits per heavy atom. The van der Waals surface area contributed by atoms with Gasteiger partial charge in [0.15, 0.2) is 0 Å². The quantitative estimate of drug-likeness (QED) is 0.482. The Kier molecular flexibility index (Phi) is 0.866. The molecular formula is C6H11NO. The molecule has 1 atom stereocenters. The van der Waals surface area contributed by atoms with Crippen LogP contribution in [0.15, 0.2) is 0 Å². The van der Waals surface area contributed by atoms with Gasteiger partial charge in [0.2, 0.25) is 0 Å². The summed E-state index contributed by atoms with van der Waals surface area (Å²) in [7, 11) is 0. The monoisotopic (exact) mass is 113 g/mol. The average Bonchev–Trinajstić information content (AvgIpc) is 2.07. The van der Waals surface area contributed by atoms with Gasteiger partial charge in [-0.2, -0.15) is 0 Å². The van der Waals surface area contributed by atoms with Crippen LogP contribution in [0.5, 0.6) is 0 Å². The summed E-state index contributed by atoms with van der Waals surface area (Å²) < 4.78 is 5.24. The van der Waals surface area contributed by atoms with E-state index < -0.39 is 0 Å². The van der Waals surface area contributed by atoms with Gasteiger partial charge < -0.3 is 10.1 Å². The van der Waals surface area contributed by atoms with E-state index >= 15 is 0 Å². The van der Waals surface area contributed by atoms with Gasteiger partial charge >= 0.3 is 0 Å². The summed E-state index contributed by atoms with van der Waals surface area (Å²) in [5.74, 6) is 0. The standard InChI is InChI=1S/C6H11NO/c1-3-7-6(1)2-4-8-5-6/h7H,1-5H2. The molecule has 46 valence electrons. The molecule has 2 fully saturated rings. The number of ether oxygens (including phenoxy) is 1. The van der Waals surface area contributed by atoms with Gasteiger partial charge in [0, 0.05) is 12.1 Å². The van der Waals surface area contributed by atoms with Gasteiger partial charge in [-0.05, 0) is 19.4 Å². The van der Waals surface area contributed by atoms with E-state index in [0.29, 0.717) is 5.54 Å². The van der Waals surface area contributed by atoms with E-state index in [0.717, 1.165) is 13.2 Å². The Balaban J connectivity index is 2.01. The zero-order valence-corrected chi connectivity index (χ0v) is 4.94. The SMILES string of the molecule is C1CC2(CCOC2)N1. The van der Waals surface area contributed by atoms with Gasteiger partial charge in [0.05, 0.1) is 6.61 Å². The van der Waals surface area contributed by atoms with E-state index in [-0.39, 0.29) is 0 Å². The van der Waals surface area contributed by atoms with E-state index in [1.807, 2.05) is 0 Å². The predicted octanol–water partition coefficient (Wildman–Crippen LogP) is 0.139. The first-order chi connectivity index (χ1) is 3.91. The van der Waals surface area contributed by atoms with Crippen LogP contribution in [-0.4, -0.2) is 25.3 Å². The van der Waals surface area contributed by atoms with Crippen molar-refractivity contribution in [2.75, 3.05) is 19.8 Å². The van der Waals surface area contributed by atoms with E-state index in [9.17, 15) is 0 Å². The average molecular weight is 113 g/mol. The Labute approximate surface area is 49.2 Å². The molecule has 0 radical (unpaired) electrons. The maximum Gasteiger partial charge on any atom is 0.0649 e. The molecule has 2 heterocycles. The Morgan fingerprint density at radius 3 is 2.50 bits per heavy atom. The lowest BCUT2D eigenvalue weighted by atomic mass is 9.88. The minimum atomic E-state index is 0.444. The zero-order chi connectivity index (χ0) is 5.45. The van der Waals surface area contributed by atoms with Gasteiger partial charge in [-0.3, -0.25) is 0 Å². The van der Waals surface area contributed by atoms with E-state index in [1.54, 1.807) is 0 Å². The maximum absolute atomic E-state index is 5.24. The number of rotatable bonds is 0. The first-order valence-electron chi connectivity index (χ1n) is 3.24. The predicted molar refractivity (Wildman–Crippen MR) is 30.8 cm³/mol. The van der Waals surface area contributed by atoms with Crippen molar-refractivity contribution in [3.63, 3.8) is 0 Å². The molecule has 0 saturated carbocycles. The summed E-state index contributed by atoms with van der Waals surface area (Å²) in [6.07, 6.45) is 2.56. The zero-order valence-electron chi connectivity index (χ0n) is 4.94. The first-order valence-corrected chi connectivity index (χ1v) is 3.24. The molecule has 2 saturated heterocycles. The highest BCUT2D eigenvalue weighted by Gasteiger charge is 2.39. The van der Waals surface area contributed by atoms with Crippen LogP contribution in [0.4, 0.5) is 0 Å². The normalized spacial score (nSPS) is 45.0. The van der Waals surface area contributed by atoms with Gasteiger partial charge in [-0.25, -0.2) is 0 Å². The fourth-order valence-electron chi connectivity index (χ4n) is 1.42. The van der Waals surface area contributed by atoms with Crippen LogP contribution in [0.25, 0.3) is 0 Å². The van der Waals surface area contributed by atoms with Crippen molar-refractivity contribution < 1.29 is 4.74 Å². The molecule has 2 rings (SSSR count). The van der Waals surface area contributed by atoms with Crippen LogP contribution in [0.1, 0.15) is 12.8 Å². The summed E-state index contributed by atoms with van der Waals surface area (Å²) in [4.78, 5) is 0. The van der Waals surface area contributed by atoms with Crippen LogP contribution in [0.3, 0.4) is 0 Å². The third-order valence-electron chi connectivity index (χ3n) is 2.21. The second-order valence-electron chi connectivity index (χ2n) is 2.76. The lowest BCUT2D eigenvalue weighted by molar-refractivity contribution is 0.134. The highest BCUT2D eigenvalue weighted by molar-refractivity contribution is 4.98. The van der Waals surface area contributed by atoms with Gasteiger partial charge in [-0.1, -0.05) is 0 Å². The van der Waals surface area contributed by atoms with Gasteiger partial charge in [0.25, 0.3) is 0 Å². The van der Waals surface area contributed by atoms with Crippen LogP contribution < -0.4 is 5.32 Å². The molecule has 2 aliphatic heterocycles. The highest BCUT2D eigenvalue weighted by atomic mass is 16.5. The summed E-state index contributed by atoms with van der Waals surface area (Å²) in [5, 5.41) is 3.40. The molecule has 1 spiro atoms. The smallest absolute Gasteiger partial charge is 0.0649 e. The highest BCUT2D eigenvalue weighted by Crippen LogP contribution is 2.27. The van der Waals surface area contributed by atoms with Crippen molar-refractivity contribution in [2.45, 2.75) is 18.4 Å². The van der Waals surface area contributed by atoms with Crippen LogP contribution in [0.2, 0.25) is 0 Å². The largest absolute Gasteiger partial charge is 0.379 e. The Morgan fingerprint density at radius 2 is 2.25 bits per heavy atom. The molecule has 8 heavy (non-hydrogen) atoms. The molecule has 0 aliphatic carbocycles. The van der Waals surface area contributed by atoms with Crippen LogP contribution in [-0.2, 0) is 4.74 Å².